The first-order valence-electron chi connectivity index (χ1n) is 7.41. The maximum absolute atomic E-state index is 12.3. The molecule has 6 nitrogen and oxygen atoms in total. The molecule has 0 spiro atoms. The number of aromatic nitrogens is 4. The number of carbonyl (C=O) groups excluding carboxylic acids is 1. The molecule has 0 aliphatic heterocycles. The lowest BCUT2D eigenvalue weighted by molar-refractivity contribution is -0.119. The van der Waals surface area contributed by atoms with Crippen LogP contribution in [0.5, 0.6) is 0 Å². The number of benzene rings is 1. The Morgan fingerprint density at radius 3 is 2.68 bits per heavy atom. The second kappa shape index (κ2) is 7.59. The smallest absolute Gasteiger partial charge is 0.250 e. The third-order valence-electron chi connectivity index (χ3n) is 3.62. The summed E-state index contributed by atoms with van der Waals surface area (Å²) in [7, 11) is 0. The Bertz CT molecular complexity index is 887. The zero-order chi connectivity index (χ0) is 18.0. The molecule has 0 aliphatic carbocycles. The molecule has 0 aliphatic rings. The van der Waals surface area contributed by atoms with Crippen LogP contribution in [0.15, 0.2) is 47.3 Å². The van der Waals surface area contributed by atoms with Crippen LogP contribution in [0.1, 0.15) is 18.5 Å². The SMILES string of the molecule is CC(C(=O)Nc1ccn(Cc2c(Cl)cccc2Cl)n1)n1cc(Br)cn1. The van der Waals surface area contributed by atoms with Crippen LogP contribution in [0.2, 0.25) is 10.0 Å². The van der Waals surface area contributed by atoms with Gasteiger partial charge in [0.2, 0.25) is 5.91 Å². The average molecular weight is 443 g/mol. The van der Waals surface area contributed by atoms with Gasteiger partial charge in [0.1, 0.15) is 6.04 Å². The van der Waals surface area contributed by atoms with Crippen molar-refractivity contribution < 1.29 is 4.79 Å². The molecule has 1 unspecified atom stereocenters. The van der Waals surface area contributed by atoms with Crippen molar-refractivity contribution in [1.29, 1.82) is 0 Å². The maximum Gasteiger partial charge on any atom is 0.250 e. The number of hydrogen-bond donors (Lipinski definition) is 1. The fourth-order valence-electron chi connectivity index (χ4n) is 2.24. The molecule has 0 saturated carbocycles. The van der Waals surface area contributed by atoms with Gasteiger partial charge in [0, 0.05) is 34.1 Å². The minimum absolute atomic E-state index is 0.211. The highest BCUT2D eigenvalue weighted by atomic mass is 79.9. The normalized spacial score (nSPS) is 12.2. The summed E-state index contributed by atoms with van der Waals surface area (Å²) in [6.45, 7) is 2.17. The highest BCUT2D eigenvalue weighted by Gasteiger charge is 2.17. The average Bonchev–Trinajstić information content (AvgIpc) is 3.19. The molecular formula is C16H14BrCl2N5O. The summed E-state index contributed by atoms with van der Waals surface area (Å²) < 4.78 is 4.05. The second-order valence-corrected chi connectivity index (χ2v) is 7.13. The van der Waals surface area contributed by atoms with Gasteiger partial charge in [-0.1, -0.05) is 29.3 Å². The molecule has 0 fully saturated rings. The largest absolute Gasteiger partial charge is 0.307 e. The first-order valence-corrected chi connectivity index (χ1v) is 8.96. The number of amides is 1. The van der Waals surface area contributed by atoms with Crippen molar-refractivity contribution in [3.63, 3.8) is 0 Å². The van der Waals surface area contributed by atoms with Crippen LogP contribution in [0.25, 0.3) is 0 Å². The molecule has 0 bridgehead atoms. The van der Waals surface area contributed by atoms with E-state index in [0.717, 1.165) is 10.0 Å². The number of hydrogen-bond acceptors (Lipinski definition) is 3. The highest BCUT2D eigenvalue weighted by molar-refractivity contribution is 9.10. The van der Waals surface area contributed by atoms with Crippen LogP contribution < -0.4 is 5.32 Å². The summed E-state index contributed by atoms with van der Waals surface area (Å²) in [6.07, 6.45) is 5.12. The Balaban J connectivity index is 1.68. The van der Waals surface area contributed by atoms with E-state index in [0.29, 0.717) is 22.4 Å². The fraction of sp³-hybridized carbons (Fsp3) is 0.188. The van der Waals surface area contributed by atoms with Crippen LogP contribution in [0, 0.1) is 0 Å². The van der Waals surface area contributed by atoms with Gasteiger partial charge in [0.05, 0.1) is 17.2 Å². The summed E-state index contributed by atoms with van der Waals surface area (Å²) >= 11 is 15.7. The van der Waals surface area contributed by atoms with Crippen LogP contribution in [-0.2, 0) is 11.3 Å². The highest BCUT2D eigenvalue weighted by Crippen LogP contribution is 2.25. The lowest BCUT2D eigenvalue weighted by atomic mass is 10.2. The Morgan fingerprint density at radius 2 is 2.04 bits per heavy atom. The molecule has 0 radical (unpaired) electrons. The van der Waals surface area contributed by atoms with E-state index >= 15 is 0 Å². The van der Waals surface area contributed by atoms with Crippen LogP contribution in [0.4, 0.5) is 5.82 Å². The molecule has 1 amide bonds. The molecule has 1 atom stereocenters. The third kappa shape index (κ3) is 4.23. The zero-order valence-corrected chi connectivity index (χ0v) is 16.3. The predicted molar refractivity (Wildman–Crippen MR) is 101 cm³/mol. The fourth-order valence-corrected chi connectivity index (χ4v) is 3.06. The third-order valence-corrected chi connectivity index (χ3v) is 4.74. The summed E-state index contributed by atoms with van der Waals surface area (Å²) in [6, 6.07) is 6.60. The monoisotopic (exact) mass is 441 g/mol. The number of halogens is 3. The molecule has 3 rings (SSSR count). The van der Waals surface area contributed by atoms with E-state index in [9.17, 15) is 4.79 Å². The summed E-state index contributed by atoms with van der Waals surface area (Å²) in [5.41, 5.74) is 0.779. The van der Waals surface area contributed by atoms with E-state index in [1.54, 1.807) is 59.1 Å². The van der Waals surface area contributed by atoms with Crippen molar-refractivity contribution in [2.45, 2.75) is 19.5 Å². The Hall–Kier alpha value is -1.83. The van der Waals surface area contributed by atoms with Gasteiger partial charge in [0.15, 0.2) is 5.82 Å². The molecule has 25 heavy (non-hydrogen) atoms. The van der Waals surface area contributed by atoms with Crippen molar-refractivity contribution in [3.8, 4) is 0 Å². The summed E-state index contributed by atoms with van der Waals surface area (Å²) in [5, 5.41) is 12.4. The number of nitrogens with one attached hydrogen (secondary N) is 1. The van der Waals surface area contributed by atoms with Crippen molar-refractivity contribution >= 4 is 50.9 Å². The van der Waals surface area contributed by atoms with Crippen LogP contribution >= 0.6 is 39.1 Å². The number of carbonyl (C=O) groups is 1. The van der Waals surface area contributed by atoms with Gasteiger partial charge in [-0.15, -0.1) is 0 Å². The van der Waals surface area contributed by atoms with E-state index < -0.39 is 6.04 Å². The Kier molecular flexibility index (Phi) is 5.46. The molecule has 2 aromatic heterocycles. The van der Waals surface area contributed by atoms with Crippen LogP contribution in [0.3, 0.4) is 0 Å². The molecule has 2 heterocycles. The summed E-state index contributed by atoms with van der Waals surface area (Å²) in [5.74, 6) is 0.239. The predicted octanol–water partition coefficient (Wildman–Crippen LogP) is 4.40. The lowest BCUT2D eigenvalue weighted by Crippen LogP contribution is -2.24. The first-order chi connectivity index (χ1) is 11.9. The van der Waals surface area contributed by atoms with Crippen molar-refractivity contribution in [1.82, 2.24) is 19.6 Å². The van der Waals surface area contributed by atoms with Gasteiger partial charge in [-0.25, -0.2) is 0 Å². The molecular weight excluding hydrogens is 429 g/mol. The van der Waals surface area contributed by atoms with Gasteiger partial charge in [-0.05, 0) is 35.0 Å². The lowest BCUT2D eigenvalue weighted by Gasteiger charge is -2.11. The van der Waals surface area contributed by atoms with Crippen LogP contribution in [-0.4, -0.2) is 25.5 Å². The van der Waals surface area contributed by atoms with Gasteiger partial charge < -0.3 is 5.32 Å². The first kappa shape index (κ1) is 18.0. The Morgan fingerprint density at radius 1 is 1.32 bits per heavy atom. The van der Waals surface area contributed by atoms with E-state index in [4.69, 9.17) is 23.2 Å². The van der Waals surface area contributed by atoms with E-state index in [2.05, 4.69) is 31.4 Å². The van der Waals surface area contributed by atoms with Gasteiger partial charge in [-0.3, -0.25) is 14.2 Å². The van der Waals surface area contributed by atoms with Gasteiger partial charge in [-0.2, -0.15) is 10.2 Å². The van der Waals surface area contributed by atoms with E-state index in [1.165, 1.54) is 0 Å². The quantitative estimate of drug-likeness (QED) is 0.636. The Labute approximate surface area is 162 Å². The maximum atomic E-state index is 12.3. The number of anilines is 1. The van der Waals surface area contributed by atoms with Crippen molar-refractivity contribution in [2.24, 2.45) is 0 Å². The summed E-state index contributed by atoms with van der Waals surface area (Å²) in [4.78, 5) is 12.3. The van der Waals surface area contributed by atoms with E-state index in [-0.39, 0.29) is 5.91 Å². The van der Waals surface area contributed by atoms with Gasteiger partial charge >= 0.3 is 0 Å². The molecule has 130 valence electrons. The van der Waals surface area contributed by atoms with Gasteiger partial charge in [0.25, 0.3) is 0 Å². The minimum atomic E-state index is -0.463. The number of rotatable bonds is 5. The molecule has 3 aromatic rings. The number of nitrogens with zero attached hydrogens (tertiary/aromatic N) is 4. The second-order valence-electron chi connectivity index (χ2n) is 5.40. The molecule has 1 N–H and O–H groups in total. The molecule has 9 heteroatoms. The minimum Gasteiger partial charge on any atom is -0.307 e. The van der Waals surface area contributed by atoms with Crippen molar-refractivity contribution in [3.05, 3.63) is 62.9 Å². The topological polar surface area (TPSA) is 64.7 Å². The van der Waals surface area contributed by atoms with Crippen molar-refractivity contribution in [2.75, 3.05) is 5.32 Å². The molecule has 0 saturated heterocycles. The zero-order valence-electron chi connectivity index (χ0n) is 13.2. The standard InChI is InChI=1S/C16H14BrCl2N5O/c1-10(24-8-11(17)7-20-24)16(25)21-15-5-6-23(22-15)9-12-13(18)3-2-4-14(12)19/h2-8,10H,9H2,1H3,(H,21,22,25). The molecule has 1 aromatic carbocycles. The van der Waals surface area contributed by atoms with E-state index in [1.807, 2.05) is 0 Å².